The van der Waals surface area contributed by atoms with Crippen LogP contribution >= 0.6 is 0 Å². The van der Waals surface area contributed by atoms with Gasteiger partial charge in [-0.1, -0.05) is 143 Å². The van der Waals surface area contributed by atoms with E-state index < -0.39 is 0 Å². The predicted octanol–water partition coefficient (Wildman–Crippen LogP) is 10.4. The lowest BCUT2D eigenvalue weighted by Crippen LogP contribution is -2.37. The molecule has 34 heavy (non-hydrogen) atoms. The fourth-order valence-electron chi connectivity index (χ4n) is 5.33. The zero-order valence-corrected chi connectivity index (χ0v) is 23.9. The summed E-state index contributed by atoms with van der Waals surface area (Å²) in [6, 6.07) is 0. The third kappa shape index (κ3) is 16.8. The van der Waals surface area contributed by atoms with Crippen LogP contribution in [0.15, 0.2) is 12.4 Å². The van der Waals surface area contributed by atoms with Crippen LogP contribution < -0.4 is 4.57 Å². The van der Waals surface area contributed by atoms with E-state index in [0.29, 0.717) is 0 Å². The summed E-state index contributed by atoms with van der Waals surface area (Å²) >= 11 is 0. The fourth-order valence-corrected chi connectivity index (χ4v) is 5.33. The molecule has 1 aromatic rings. The van der Waals surface area contributed by atoms with Gasteiger partial charge in [0, 0.05) is 6.42 Å². The highest BCUT2D eigenvalue weighted by Gasteiger charge is 2.15. The molecule has 0 spiro atoms. The molecule has 0 saturated carbocycles. The van der Waals surface area contributed by atoms with Gasteiger partial charge in [0.05, 0.1) is 13.1 Å². The molecule has 0 aliphatic carbocycles. The Bertz CT molecular complexity index is 533. The molecule has 0 atom stereocenters. The standard InChI is InChI=1S/C32H63N2/c1-4-7-9-11-13-14-15-16-17-18-19-20-21-23-25-27-32-33(28-6-3)30-31-34(32)29-26-24-22-12-10-8-5-2/h30-31H,4-29H2,1-3H3/q+1. The molecule has 0 radical (unpaired) electrons. The summed E-state index contributed by atoms with van der Waals surface area (Å²) in [5.74, 6) is 1.59. The number of rotatable bonds is 26. The average molecular weight is 476 g/mol. The zero-order chi connectivity index (χ0) is 24.5. The first-order chi connectivity index (χ1) is 16.8. The van der Waals surface area contributed by atoms with E-state index in [0.717, 1.165) is 0 Å². The third-order valence-corrected chi connectivity index (χ3v) is 7.56. The molecular weight excluding hydrogens is 412 g/mol. The monoisotopic (exact) mass is 475 g/mol. The maximum Gasteiger partial charge on any atom is 0.256 e. The molecular formula is C32H63N2+. The van der Waals surface area contributed by atoms with Gasteiger partial charge in [-0.2, -0.15) is 0 Å². The molecule has 2 heteroatoms. The number of hydrogen-bond donors (Lipinski definition) is 0. The number of nitrogens with zero attached hydrogens (tertiary/aromatic N) is 2. The Balaban J connectivity index is 2.07. The van der Waals surface area contributed by atoms with Gasteiger partial charge in [-0.15, -0.1) is 0 Å². The van der Waals surface area contributed by atoms with Gasteiger partial charge in [0.15, 0.2) is 0 Å². The topological polar surface area (TPSA) is 8.81 Å². The average Bonchev–Trinajstić information content (AvgIpc) is 3.22. The van der Waals surface area contributed by atoms with Crippen LogP contribution in [-0.4, -0.2) is 4.57 Å². The summed E-state index contributed by atoms with van der Waals surface area (Å²) in [4.78, 5) is 0. The van der Waals surface area contributed by atoms with E-state index in [9.17, 15) is 0 Å². The largest absolute Gasteiger partial charge is 0.256 e. The van der Waals surface area contributed by atoms with Crippen molar-refractivity contribution in [2.75, 3.05) is 0 Å². The molecule has 0 saturated heterocycles. The molecule has 1 heterocycles. The predicted molar refractivity (Wildman–Crippen MR) is 152 cm³/mol. The van der Waals surface area contributed by atoms with Gasteiger partial charge >= 0.3 is 0 Å². The minimum atomic E-state index is 1.18. The number of aromatic nitrogens is 2. The lowest BCUT2D eigenvalue weighted by molar-refractivity contribution is -0.704. The summed E-state index contributed by atoms with van der Waals surface area (Å²) in [5.41, 5.74) is 0. The lowest BCUT2D eigenvalue weighted by Gasteiger charge is -2.06. The minimum absolute atomic E-state index is 1.18. The van der Waals surface area contributed by atoms with Crippen LogP contribution in [0.5, 0.6) is 0 Å². The van der Waals surface area contributed by atoms with Crippen molar-refractivity contribution < 1.29 is 4.57 Å². The molecule has 200 valence electrons. The third-order valence-electron chi connectivity index (χ3n) is 7.56. The van der Waals surface area contributed by atoms with Gasteiger partial charge in [0.2, 0.25) is 0 Å². The van der Waals surface area contributed by atoms with Crippen molar-refractivity contribution in [1.29, 1.82) is 0 Å². The maximum atomic E-state index is 2.57. The van der Waals surface area contributed by atoms with Gasteiger partial charge in [0.1, 0.15) is 12.4 Å². The second kappa shape index (κ2) is 23.9. The molecule has 0 aliphatic heterocycles. The molecule has 0 amide bonds. The van der Waals surface area contributed by atoms with Crippen LogP contribution in [0.2, 0.25) is 0 Å². The van der Waals surface area contributed by atoms with Crippen LogP contribution in [0, 0.1) is 0 Å². The number of imidazole rings is 1. The van der Waals surface area contributed by atoms with Crippen LogP contribution in [-0.2, 0) is 19.5 Å². The van der Waals surface area contributed by atoms with Gasteiger partial charge < -0.3 is 0 Å². The molecule has 2 nitrogen and oxygen atoms in total. The summed E-state index contributed by atoms with van der Waals surface area (Å²) in [6.07, 6.45) is 38.7. The number of aryl methyl sites for hydroxylation is 2. The van der Waals surface area contributed by atoms with E-state index >= 15 is 0 Å². The number of hydrogen-bond acceptors (Lipinski definition) is 0. The molecule has 1 rings (SSSR count). The normalized spacial score (nSPS) is 11.5. The van der Waals surface area contributed by atoms with E-state index in [2.05, 4.69) is 42.3 Å². The van der Waals surface area contributed by atoms with Crippen LogP contribution in [0.25, 0.3) is 0 Å². The smallest absolute Gasteiger partial charge is 0.234 e. The van der Waals surface area contributed by atoms with Crippen LogP contribution in [0.3, 0.4) is 0 Å². The first kappa shape index (κ1) is 31.2. The molecule has 0 fully saturated rings. The molecule has 0 N–H and O–H groups in total. The SMILES string of the molecule is CCCCCCCCCCCCCCCCCc1n(CCC)cc[n+]1CCCCCCCCC. The lowest BCUT2D eigenvalue weighted by atomic mass is 10.0. The molecule has 0 bridgehead atoms. The number of unbranched alkanes of at least 4 members (excludes halogenated alkanes) is 20. The van der Waals surface area contributed by atoms with Crippen LogP contribution in [0.1, 0.15) is 174 Å². The first-order valence-electron chi connectivity index (χ1n) is 15.9. The Hall–Kier alpha value is -0.790. The first-order valence-corrected chi connectivity index (χ1v) is 15.9. The zero-order valence-electron chi connectivity index (χ0n) is 23.9. The van der Waals surface area contributed by atoms with Crippen molar-refractivity contribution >= 4 is 0 Å². The highest BCUT2D eigenvalue weighted by atomic mass is 15.1. The highest BCUT2D eigenvalue weighted by molar-refractivity contribution is 4.84. The Morgan fingerprint density at radius 1 is 0.500 bits per heavy atom. The van der Waals surface area contributed by atoms with E-state index in [1.54, 1.807) is 5.82 Å². The Morgan fingerprint density at radius 2 is 0.912 bits per heavy atom. The van der Waals surface area contributed by atoms with E-state index in [1.807, 2.05) is 0 Å². The second-order valence-electron chi connectivity index (χ2n) is 10.9. The van der Waals surface area contributed by atoms with Gasteiger partial charge in [-0.3, -0.25) is 0 Å². The van der Waals surface area contributed by atoms with Crippen molar-refractivity contribution in [2.24, 2.45) is 0 Å². The van der Waals surface area contributed by atoms with Crippen molar-refractivity contribution in [3.05, 3.63) is 18.2 Å². The van der Waals surface area contributed by atoms with Gasteiger partial charge in [-0.25, -0.2) is 9.13 Å². The Labute approximate surface area is 215 Å². The van der Waals surface area contributed by atoms with Gasteiger partial charge in [0.25, 0.3) is 5.82 Å². The molecule has 0 aliphatic rings. The molecule has 0 aromatic carbocycles. The molecule has 0 unspecified atom stereocenters. The van der Waals surface area contributed by atoms with Crippen LogP contribution in [0.4, 0.5) is 0 Å². The van der Waals surface area contributed by atoms with E-state index in [1.165, 1.54) is 167 Å². The minimum Gasteiger partial charge on any atom is -0.234 e. The van der Waals surface area contributed by atoms with Crippen molar-refractivity contribution in [3.63, 3.8) is 0 Å². The second-order valence-corrected chi connectivity index (χ2v) is 10.9. The summed E-state index contributed by atoms with van der Waals surface area (Å²) < 4.78 is 5.11. The van der Waals surface area contributed by atoms with E-state index in [4.69, 9.17) is 0 Å². The maximum absolute atomic E-state index is 2.57. The van der Waals surface area contributed by atoms with E-state index in [-0.39, 0.29) is 0 Å². The van der Waals surface area contributed by atoms with Gasteiger partial charge in [-0.05, 0) is 25.7 Å². The highest BCUT2D eigenvalue weighted by Crippen LogP contribution is 2.14. The van der Waals surface area contributed by atoms with Crippen molar-refractivity contribution in [2.45, 2.75) is 188 Å². The van der Waals surface area contributed by atoms with Crippen molar-refractivity contribution in [3.8, 4) is 0 Å². The Kier molecular flexibility index (Phi) is 22.0. The van der Waals surface area contributed by atoms with Crippen molar-refractivity contribution in [1.82, 2.24) is 4.57 Å². The molecule has 1 aromatic heterocycles. The quantitative estimate of drug-likeness (QED) is 0.0930. The summed E-state index contributed by atoms with van der Waals surface area (Å²) in [7, 11) is 0. The fraction of sp³-hybridized carbons (Fsp3) is 0.906. The Morgan fingerprint density at radius 3 is 1.35 bits per heavy atom. The summed E-state index contributed by atoms with van der Waals surface area (Å²) in [5, 5.41) is 0. The summed E-state index contributed by atoms with van der Waals surface area (Å²) in [6.45, 7) is 9.31.